The molecule has 0 radical (unpaired) electrons. The second kappa shape index (κ2) is 7.21. The molecule has 0 aliphatic heterocycles. The van der Waals surface area contributed by atoms with Crippen molar-refractivity contribution in [3.63, 3.8) is 0 Å². The number of benzene rings is 2. The van der Waals surface area contributed by atoms with Crippen LogP contribution < -0.4 is 4.74 Å². The summed E-state index contributed by atoms with van der Waals surface area (Å²) in [5.41, 5.74) is 2.26. The highest BCUT2D eigenvalue weighted by atomic mass is 19.4. The van der Waals surface area contributed by atoms with Crippen LogP contribution in [0.25, 0.3) is 11.1 Å². The predicted octanol–water partition coefficient (Wildman–Crippen LogP) is 7.06. The predicted molar refractivity (Wildman–Crippen MR) is 101 cm³/mol. The van der Waals surface area contributed by atoms with E-state index < -0.39 is 11.7 Å². The fourth-order valence-electron chi connectivity index (χ4n) is 3.52. The molecular weight excluding hydrogens is 349 g/mol. The number of halogens is 3. The van der Waals surface area contributed by atoms with E-state index in [1.165, 1.54) is 49.8 Å². The molecule has 2 aromatic carbocycles. The van der Waals surface area contributed by atoms with E-state index in [1.807, 2.05) is 6.07 Å². The number of hydrogen-bond donors (Lipinski definition) is 0. The number of alkyl halides is 3. The van der Waals surface area contributed by atoms with Gasteiger partial charge >= 0.3 is 6.18 Å². The van der Waals surface area contributed by atoms with Crippen LogP contribution in [0.15, 0.2) is 42.5 Å². The molecule has 0 bridgehead atoms. The summed E-state index contributed by atoms with van der Waals surface area (Å²) >= 11 is 0. The van der Waals surface area contributed by atoms with Gasteiger partial charge in [0.2, 0.25) is 0 Å². The molecule has 27 heavy (non-hydrogen) atoms. The van der Waals surface area contributed by atoms with Gasteiger partial charge in [-0.25, -0.2) is 0 Å². The zero-order chi connectivity index (χ0) is 19.0. The Morgan fingerprint density at radius 1 is 0.963 bits per heavy atom. The van der Waals surface area contributed by atoms with Gasteiger partial charge in [-0.15, -0.1) is 0 Å². The van der Waals surface area contributed by atoms with Crippen molar-refractivity contribution in [2.45, 2.75) is 51.1 Å². The highest BCUT2D eigenvalue weighted by molar-refractivity contribution is 5.71. The van der Waals surface area contributed by atoms with Crippen molar-refractivity contribution < 1.29 is 17.9 Å². The molecule has 0 N–H and O–H groups in total. The first-order chi connectivity index (χ1) is 12.9. The third kappa shape index (κ3) is 4.66. The van der Waals surface area contributed by atoms with E-state index >= 15 is 0 Å². The third-order valence-corrected chi connectivity index (χ3v) is 5.65. The van der Waals surface area contributed by atoms with Gasteiger partial charge in [-0.1, -0.05) is 44.0 Å². The van der Waals surface area contributed by atoms with Crippen LogP contribution in [0.1, 0.15) is 56.1 Å². The van der Waals surface area contributed by atoms with E-state index in [0.717, 1.165) is 34.9 Å². The summed E-state index contributed by atoms with van der Waals surface area (Å²) < 4.78 is 44.6. The number of rotatable bonds is 7. The van der Waals surface area contributed by atoms with E-state index in [2.05, 4.69) is 19.1 Å². The molecule has 1 unspecified atom stereocenters. The van der Waals surface area contributed by atoms with Gasteiger partial charge < -0.3 is 4.74 Å². The molecular formula is C23H25F3O. The lowest BCUT2D eigenvalue weighted by Gasteiger charge is -2.17. The second-order valence-corrected chi connectivity index (χ2v) is 8.17. The first-order valence-electron chi connectivity index (χ1n) is 9.84. The van der Waals surface area contributed by atoms with Crippen LogP contribution in [0.3, 0.4) is 0 Å². The molecule has 4 rings (SSSR count). The van der Waals surface area contributed by atoms with E-state index in [9.17, 15) is 13.2 Å². The summed E-state index contributed by atoms with van der Waals surface area (Å²) in [6.07, 6.45) is 1.95. The van der Waals surface area contributed by atoms with E-state index in [1.54, 1.807) is 0 Å². The summed E-state index contributed by atoms with van der Waals surface area (Å²) in [7, 11) is 0. The van der Waals surface area contributed by atoms with E-state index in [4.69, 9.17) is 4.74 Å². The van der Waals surface area contributed by atoms with Gasteiger partial charge in [0, 0.05) is 5.56 Å². The highest BCUT2D eigenvalue weighted by Crippen LogP contribution is 2.41. The monoisotopic (exact) mass is 374 g/mol. The summed E-state index contributed by atoms with van der Waals surface area (Å²) in [4.78, 5) is 0. The van der Waals surface area contributed by atoms with Crippen LogP contribution in [-0.4, -0.2) is 6.61 Å². The Morgan fingerprint density at radius 2 is 1.63 bits per heavy atom. The normalized spacial score (nSPS) is 18.4. The zero-order valence-electron chi connectivity index (χ0n) is 15.6. The molecule has 0 amide bonds. The molecule has 2 aliphatic rings. The Morgan fingerprint density at radius 3 is 2.22 bits per heavy atom. The van der Waals surface area contributed by atoms with Crippen LogP contribution in [0.5, 0.6) is 5.75 Å². The fraction of sp³-hybridized carbons (Fsp3) is 0.478. The summed E-state index contributed by atoms with van der Waals surface area (Å²) in [6, 6.07) is 11.6. The maximum atomic E-state index is 12.8. The summed E-state index contributed by atoms with van der Waals surface area (Å²) in [5, 5.41) is 0. The van der Waals surface area contributed by atoms with Gasteiger partial charge in [0.1, 0.15) is 5.75 Å². The van der Waals surface area contributed by atoms with Crippen molar-refractivity contribution in [3.05, 3.63) is 53.6 Å². The van der Waals surface area contributed by atoms with Crippen molar-refractivity contribution in [2.75, 3.05) is 6.61 Å². The molecule has 1 nitrogen and oxygen atoms in total. The summed E-state index contributed by atoms with van der Waals surface area (Å²) in [5.74, 6) is 2.74. The Kier molecular flexibility index (Phi) is 4.92. The number of hydrogen-bond acceptors (Lipinski definition) is 1. The van der Waals surface area contributed by atoms with E-state index in [0.29, 0.717) is 18.4 Å². The minimum Gasteiger partial charge on any atom is -0.493 e. The average molecular weight is 374 g/mol. The molecule has 4 heteroatoms. The summed E-state index contributed by atoms with van der Waals surface area (Å²) in [6.45, 7) is 2.93. The van der Waals surface area contributed by atoms with Gasteiger partial charge in [0.05, 0.1) is 12.2 Å². The molecule has 2 aliphatic carbocycles. The molecule has 0 saturated heterocycles. The van der Waals surface area contributed by atoms with Crippen molar-refractivity contribution in [1.29, 1.82) is 0 Å². The van der Waals surface area contributed by atoms with Crippen LogP contribution in [0.4, 0.5) is 13.2 Å². The number of ether oxygens (including phenoxy) is 1. The van der Waals surface area contributed by atoms with Crippen molar-refractivity contribution in [2.24, 2.45) is 11.8 Å². The van der Waals surface area contributed by atoms with Crippen LogP contribution in [-0.2, 0) is 6.18 Å². The van der Waals surface area contributed by atoms with Crippen molar-refractivity contribution in [1.82, 2.24) is 0 Å². The first kappa shape index (κ1) is 18.4. The SMILES string of the molecule is CC(CC1CC1)c1ccc(-c2ccc(C(F)(F)F)cc2)c(OCC2CC2)c1. The van der Waals surface area contributed by atoms with Gasteiger partial charge in [-0.2, -0.15) is 13.2 Å². The molecule has 0 aromatic heterocycles. The maximum Gasteiger partial charge on any atom is 0.416 e. The molecule has 2 aromatic rings. The van der Waals surface area contributed by atoms with E-state index in [-0.39, 0.29) is 0 Å². The van der Waals surface area contributed by atoms with Crippen LogP contribution >= 0.6 is 0 Å². The lowest BCUT2D eigenvalue weighted by molar-refractivity contribution is -0.137. The Balaban J connectivity index is 1.60. The molecule has 0 spiro atoms. The average Bonchev–Trinajstić information content (AvgIpc) is 3.54. The zero-order valence-corrected chi connectivity index (χ0v) is 15.6. The van der Waals surface area contributed by atoms with Crippen molar-refractivity contribution >= 4 is 0 Å². The van der Waals surface area contributed by atoms with Gasteiger partial charge in [-0.3, -0.25) is 0 Å². The topological polar surface area (TPSA) is 9.23 Å². The molecule has 0 heterocycles. The lowest BCUT2D eigenvalue weighted by atomic mass is 9.92. The largest absolute Gasteiger partial charge is 0.493 e. The smallest absolute Gasteiger partial charge is 0.416 e. The molecule has 1 atom stereocenters. The Labute approximate surface area is 158 Å². The molecule has 144 valence electrons. The lowest BCUT2D eigenvalue weighted by Crippen LogP contribution is -2.05. The Bertz CT molecular complexity index is 786. The Hall–Kier alpha value is -1.97. The molecule has 2 fully saturated rings. The fourth-order valence-corrected chi connectivity index (χ4v) is 3.52. The quantitative estimate of drug-likeness (QED) is 0.504. The van der Waals surface area contributed by atoms with Gasteiger partial charge in [-0.05, 0) is 66.3 Å². The standard InChI is InChI=1S/C23H25F3O/c1-15(12-16-2-3-16)19-8-11-21(22(13-19)27-14-17-4-5-17)18-6-9-20(10-7-18)23(24,25)26/h6-11,13,15-17H,2-5,12,14H2,1H3. The first-order valence-corrected chi connectivity index (χ1v) is 9.84. The van der Waals surface area contributed by atoms with Crippen LogP contribution in [0.2, 0.25) is 0 Å². The highest BCUT2D eigenvalue weighted by Gasteiger charge is 2.30. The maximum absolute atomic E-state index is 12.8. The minimum absolute atomic E-state index is 0.474. The van der Waals surface area contributed by atoms with Gasteiger partial charge in [0.25, 0.3) is 0 Å². The van der Waals surface area contributed by atoms with Crippen LogP contribution in [0, 0.1) is 11.8 Å². The minimum atomic E-state index is -4.31. The van der Waals surface area contributed by atoms with Gasteiger partial charge in [0.15, 0.2) is 0 Å². The molecule has 2 saturated carbocycles. The second-order valence-electron chi connectivity index (χ2n) is 8.17. The third-order valence-electron chi connectivity index (χ3n) is 5.65. The van der Waals surface area contributed by atoms with Crippen molar-refractivity contribution in [3.8, 4) is 16.9 Å².